The van der Waals surface area contributed by atoms with E-state index in [4.69, 9.17) is 10.5 Å². The standard InChI is InChI=1S/C17H27FN2O/c1-4-13-11-21-12(3)10-20(13)17(16(19)5-2)14-8-6-7-9-15(14)18/h6-9,12-13,16-17H,4-5,10-11,19H2,1-3H3. The number of rotatable bonds is 5. The Bertz CT molecular complexity index is 454. The molecule has 4 unspecified atom stereocenters. The lowest BCUT2D eigenvalue weighted by molar-refractivity contribution is -0.0776. The molecule has 4 heteroatoms. The smallest absolute Gasteiger partial charge is 0.128 e. The Balaban J connectivity index is 2.37. The second kappa shape index (κ2) is 7.34. The van der Waals surface area contributed by atoms with E-state index in [1.54, 1.807) is 6.07 Å². The van der Waals surface area contributed by atoms with Crippen molar-refractivity contribution < 1.29 is 9.13 Å². The van der Waals surface area contributed by atoms with Gasteiger partial charge >= 0.3 is 0 Å². The number of hydrogen-bond donors (Lipinski definition) is 1. The minimum absolute atomic E-state index is 0.0822. The van der Waals surface area contributed by atoms with E-state index in [1.807, 2.05) is 12.1 Å². The zero-order valence-electron chi connectivity index (χ0n) is 13.3. The Hall–Kier alpha value is -0.970. The van der Waals surface area contributed by atoms with Crippen LogP contribution in [0.2, 0.25) is 0 Å². The summed E-state index contributed by atoms with van der Waals surface area (Å²) in [4.78, 5) is 2.35. The highest BCUT2D eigenvalue weighted by atomic mass is 19.1. The number of benzene rings is 1. The van der Waals surface area contributed by atoms with Gasteiger partial charge in [0.05, 0.1) is 18.8 Å². The molecule has 0 saturated carbocycles. The van der Waals surface area contributed by atoms with Crippen molar-refractivity contribution in [3.05, 3.63) is 35.6 Å². The summed E-state index contributed by atoms with van der Waals surface area (Å²) in [5.74, 6) is -0.166. The van der Waals surface area contributed by atoms with Gasteiger partial charge in [0.25, 0.3) is 0 Å². The van der Waals surface area contributed by atoms with Crippen LogP contribution in [-0.2, 0) is 4.74 Å². The van der Waals surface area contributed by atoms with Crippen molar-refractivity contribution in [1.82, 2.24) is 4.90 Å². The summed E-state index contributed by atoms with van der Waals surface area (Å²) in [6, 6.07) is 7.13. The fraction of sp³-hybridized carbons (Fsp3) is 0.647. The third-order valence-electron chi connectivity index (χ3n) is 4.44. The van der Waals surface area contributed by atoms with Gasteiger partial charge in [-0.2, -0.15) is 0 Å². The average molecular weight is 294 g/mol. The highest BCUT2D eigenvalue weighted by Crippen LogP contribution is 2.32. The second-order valence-electron chi connectivity index (χ2n) is 5.94. The van der Waals surface area contributed by atoms with E-state index in [2.05, 4.69) is 25.7 Å². The molecule has 2 N–H and O–H groups in total. The quantitative estimate of drug-likeness (QED) is 0.907. The summed E-state index contributed by atoms with van der Waals surface area (Å²) >= 11 is 0. The average Bonchev–Trinajstić information content (AvgIpc) is 2.49. The molecule has 1 saturated heterocycles. The summed E-state index contributed by atoms with van der Waals surface area (Å²) < 4.78 is 20.1. The molecule has 21 heavy (non-hydrogen) atoms. The van der Waals surface area contributed by atoms with Gasteiger partial charge in [-0.3, -0.25) is 4.90 Å². The molecule has 4 atom stereocenters. The van der Waals surface area contributed by atoms with Gasteiger partial charge in [0.15, 0.2) is 0 Å². The van der Waals surface area contributed by atoms with Crippen molar-refractivity contribution in [2.45, 2.75) is 57.8 Å². The monoisotopic (exact) mass is 294 g/mol. The van der Waals surface area contributed by atoms with Crippen LogP contribution in [0.4, 0.5) is 4.39 Å². The SMILES string of the molecule is CCC(N)C(c1ccccc1F)N1CC(C)OCC1CC. The minimum Gasteiger partial charge on any atom is -0.376 e. The first-order chi connectivity index (χ1) is 10.1. The van der Waals surface area contributed by atoms with Crippen molar-refractivity contribution in [3.8, 4) is 0 Å². The van der Waals surface area contributed by atoms with Gasteiger partial charge in [0.2, 0.25) is 0 Å². The molecule has 0 bridgehead atoms. The lowest BCUT2D eigenvalue weighted by Gasteiger charge is -2.45. The number of hydrogen-bond acceptors (Lipinski definition) is 3. The van der Waals surface area contributed by atoms with E-state index in [0.29, 0.717) is 18.2 Å². The van der Waals surface area contributed by atoms with Crippen LogP contribution in [-0.4, -0.2) is 36.2 Å². The zero-order chi connectivity index (χ0) is 15.4. The summed E-state index contributed by atoms with van der Waals surface area (Å²) in [6.07, 6.45) is 1.96. The van der Waals surface area contributed by atoms with Crippen molar-refractivity contribution in [2.24, 2.45) is 5.73 Å². The predicted octanol–water partition coefficient (Wildman–Crippen LogP) is 3.10. The normalized spacial score (nSPS) is 26.5. The fourth-order valence-corrected chi connectivity index (χ4v) is 3.16. The molecule has 1 heterocycles. The van der Waals surface area contributed by atoms with E-state index in [1.165, 1.54) is 6.07 Å². The molecule has 0 spiro atoms. The summed E-state index contributed by atoms with van der Waals surface area (Å²) in [6.45, 7) is 7.76. The van der Waals surface area contributed by atoms with Crippen molar-refractivity contribution in [2.75, 3.05) is 13.2 Å². The molecule has 1 aromatic carbocycles. The first-order valence-electron chi connectivity index (χ1n) is 7.95. The Labute approximate surface area is 127 Å². The number of morpholine rings is 1. The molecule has 3 nitrogen and oxygen atoms in total. The molecule has 0 aromatic heterocycles. The lowest BCUT2D eigenvalue weighted by atomic mass is 9.93. The summed E-state index contributed by atoms with van der Waals surface area (Å²) in [5.41, 5.74) is 7.07. The van der Waals surface area contributed by atoms with E-state index < -0.39 is 0 Å². The first kappa shape index (κ1) is 16.4. The van der Waals surface area contributed by atoms with Crippen LogP contribution >= 0.6 is 0 Å². The maximum absolute atomic E-state index is 14.3. The van der Waals surface area contributed by atoms with E-state index in [9.17, 15) is 4.39 Å². The molecule has 1 fully saturated rings. The fourth-order valence-electron chi connectivity index (χ4n) is 3.16. The van der Waals surface area contributed by atoms with Crippen LogP contribution in [0, 0.1) is 5.82 Å². The molecule has 2 rings (SSSR count). The molecular weight excluding hydrogens is 267 g/mol. The molecule has 1 aromatic rings. The van der Waals surface area contributed by atoms with Crippen LogP contribution in [0.1, 0.15) is 45.2 Å². The third-order valence-corrected chi connectivity index (χ3v) is 4.44. The molecule has 0 amide bonds. The highest BCUT2D eigenvalue weighted by molar-refractivity contribution is 5.23. The van der Waals surface area contributed by atoms with Crippen molar-refractivity contribution >= 4 is 0 Å². The minimum atomic E-state index is -0.166. The van der Waals surface area contributed by atoms with Gasteiger partial charge in [0, 0.05) is 24.2 Å². The number of ether oxygens (including phenoxy) is 1. The third kappa shape index (κ3) is 3.62. The van der Waals surface area contributed by atoms with E-state index in [-0.39, 0.29) is 24.0 Å². The molecule has 1 aliphatic rings. The second-order valence-corrected chi connectivity index (χ2v) is 5.94. The van der Waals surface area contributed by atoms with Crippen LogP contribution in [0.5, 0.6) is 0 Å². The van der Waals surface area contributed by atoms with E-state index in [0.717, 1.165) is 19.4 Å². The van der Waals surface area contributed by atoms with Crippen LogP contribution < -0.4 is 5.73 Å². The van der Waals surface area contributed by atoms with Gasteiger partial charge in [-0.15, -0.1) is 0 Å². The number of nitrogens with zero attached hydrogens (tertiary/aromatic N) is 1. The maximum Gasteiger partial charge on any atom is 0.128 e. The summed E-state index contributed by atoms with van der Waals surface area (Å²) in [7, 11) is 0. The van der Waals surface area contributed by atoms with Gasteiger partial charge in [-0.25, -0.2) is 4.39 Å². The van der Waals surface area contributed by atoms with Crippen LogP contribution in [0.25, 0.3) is 0 Å². The highest BCUT2D eigenvalue weighted by Gasteiger charge is 2.35. The van der Waals surface area contributed by atoms with Crippen molar-refractivity contribution in [3.63, 3.8) is 0 Å². The molecule has 118 valence electrons. The molecule has 0 radical (unpaired) electrons. The summed E-state index contributed by atoms with van der Waals surface area (Å²) in [5, 5.41) is 0. The molecule has 0 aliphatic carbocycles. The first-order valence-corrected chi connectivity index (χ1v) is 7.95. The lowest BCUT2D eigenvalue weighted by Crippen LogP contribution is -2.54. The van der Waals surface area contributed by atoms with Gasteiger partial charge in [-0.05, 0) is 25.8 Å². The van der Waals surface area contributed by atoms with Gasteiger partial charge < -0.3 is 10.5 Å². The molecule has 1 aliphatic heterocycles. The van der Waals surface area contributed by atoms with Crippen LogP contribution in [0.15, 0.2) is 24.3 Å². The largest absolute Gasteiger partial charge is 0.376 e. The Morgan fingerprint density at radius 3 is 2.71 bits per heavy atom. The van der Waals surface area contributed by atoms with Crippen LogP contribution in [0.3, 0.4) is 0 Å². The predicted molar refractivity (Wildman–Crippen MR) is 83.6 cm³/mol. The number of halogens is 1. The van der Waals surface area contributed by atoms with E-state index >= 15 is 0 Å². The van der Waals surface area contributed by atoms with Gasteiger partial charge in [-0.1, -0.05) is 32.0 Å². The Morgan fingerprint density at radius 2 is 2.10 bits per heavy atom. The topological polar surface area (TPSA) is 38.5 Å². The number of nitrogens with two attached hydrogens (primary N) is 1. The maximum atomic E-state index is 14.3. The van der Waals surface area contributed by atoms with Crippen molar-refractivity contribution in [1.29, 1.82) is 0 Å². The molecular formula is C17H27FN2O. The Kier molecular flexibility index (Phi) is 5.73. The zero-order valence-corrected chi connectivity index (χ0v) is 13.3. The van der Waals surface area contributed by atoms with Gasteiger partial charge in [0.1, 0.15) is 5.82 Å². The Morgan fingerprint density at radius 1 is 1.38 bits per heavy atom.